The van der Waals surface area contributed by atoms with Gasteiger partial charge in [0.2, 0.25) is 0 Å². The molecule has 1 aliphatic rings. The maximum absolute atomic E-state index is 13.4. The number of rotatable bonds is 3. The molecule has 0 amide bonds. The second-order valence-electron chi connectivity index (χ2n) is 7.35. The highest BCUT2D eigenvalue weighted by Crippen LogP contribution is 2.36. The molecule has 0 atom stereocenters. The number of hydrogen-bond donors (Lipinski definition) is 1. The predicted molar refractivity (Wildman–Crippen MR) is 103 cm³/mol. The van der Waals surface area contributed by atoms with Crippen LogP contribution in [0.25, 0.3) is 21.6 Å². The number of aromatic nitrogens is 2. The summed E-state index contributed by atoms with van der Waals surface area (Å²) in [6.45, 7) is 5.07. The summed E-state index contributed by atoms with van der Waals surface area (Å²) in [5.74, 6) is -0.639. The molecule has 134 valence electrons. The smallest absolute Gasteiger partial charge is 0.329 e. The highest BCUT2D eigenvalue weighted by Gasteiger charge is 2.35. The van der Waals surface area contributed by atoms with E-state index in [1.54, 1.807) is 25.2 Å². The van der Waals surface area contributed by atoms with E-state index < -0.39 is 11.5 Å². The number of hydrogen-bond acceptors (Lipinski definition) is 4. The van der Waals surface area contributed by atoms with Gasteiger partial charge in [-0.15, -0.1) is 11.3 Å². The number of aryl methyl sites for hydroxylation is 3. The maximum atomic E-state index is 13.4. The van der Waals surface area contributed by atoms with E-state index in [1.165, 1.54) is 9.44 Å². The average molecular weight is 368 g/mol. The fourth-order valence-electron chi connectivity index (χ4n) is 3.64. The van der Waals surface area contributed by atoms with Gasteiger partial charge in [-0.25, -0.2) is 9.78 Å². The molecule has 1 aliphatic carbocycles. The molecular weight excluding hydrogens is 348 g/mol. The lowest BCUT2D eigenvalue weighted by molar-refractivity contribution is -0.145. The number of carboxylic acids is 1. The predicted octanol–water partition coefficient (Wildman–Crippen LogP) is 3.74. The zero-order chi connectivity index (χ0) is 18.6. The third-order valence-corrected chi connectivity index (χ3v) is 6.28. The molecule has 3 aromatic rings. The molecule has 0 unspecified atom stereocenters. The van der Waals surface area contributed by atoms with E-state index in [0.29, 0.717) is 16.0 Å². The minimum Gasteiger partial charge on any atom is -0.480 e. The molecular formula is C20H20N2O3S. The van der Waals surface area contributed by atoms with Crippen LogP contribution in [0.4, 0.5) is 0 Å². The first kappa shape index (κ1) is 17.0. The van der Waals surface area contributed by atoms with Crippen LogP contribution in [0.2, 0.25) is 0 Å². The van der Waals surface area contributed by atoms with Gasteiger partial charge in [0.25, 0.3) is 5.56 Å². The van der Waals surface area contributed by atoms with Crippen LogP contribution in [0.15, 0.2) is 29.1 Å². The van der Waals surface area contributed by atoms with Crippen molar-refractivity contribution in [1.29, 1.82) is 0 Å². The fourth-order valence-corrected chi connectivity index (χ4v) is 4.89. The Morgan fingerprint density at radius 3 is 2.77 bits per heavy atom. The molecule has 0 aliphatic heterocycles. The Labute approximate surface area is 154 Å². The van der Waals surface area contributed by atoms with Crippen molar-refractivity contribution in [3.63, 3.8) is 0 Å². The van der Waals surface area contributed by atoms with Crippen molar-refractivity contribution in [2.45, 2.75) is 45.6 Å². The topological polar surface area (TPSA) is 72.2 Å². The average Bonchev–Trinajstić information content (AvgIpc) is 3.14. The van der Waals surface area contributed by atoms with Gasteiger partial charge in [0.1, 0.15) is 16.2 Å². The number of carboxylic acid groups (broad SMARTS) is 1. The van der Waals surface area contributed by atoms with Crippen molar-refractivity contribution in [3.05, 3.63) is 50.6 Å². The number of thiophene rings is 1. The van der Waals surface area contributed by atoms with Crippen LogP contribution in [-0.2, 0) is 23.2 Å². The highest BCUT2D eigenvalue weighted by atomic mass is 32.1. The summed E-state index contributed by atoms with van der Waals surface area (Å²) < 4.78 is 1.36. The molecule has 6 heteroatoms. The van der Waals surface area contributed by atoms with Crippen molar-refractivity contribution in [2.24, 2.45) is 0 Å². The summed E-state index contributed by atoms with van der Waals surface area (Å²) in [6.07, 6.45) is 2.87. The summed E-state index contributed by atoms with van der Waals surface area (Å²) in [5, 5.41) is 10.4. The minimum absolute atomic E-state index is 0.252. The van der Waals surface area contributed by atoms with E-state index >= 15 is 0 Å². The Hall–Kier alpha value is -2.47. The summed E-state index contributed by atoms with van der Waals surface area (Å²) in [6, 6.07) is 7.67. The molecule has 0 saturated heterocycles. The van der Waals surface area contributed by atoms with Gasteiger partial charge < -0.3 is 5.11 Å². The number of fused-ring (bicyclic) bond motifs is 3. The van der Waals surface area contributed by atoms with Crippen LogP contribution in [0.3, 0.4) is 0 Å². The molecule has 26 heavy (non-hydrogen) atoms. The monoisotopic (exact) mass is 368 g/mol. The summed E-state index contributed by atoms with van der Waals surface area (Å²) >= 11 is 1.57. The van der Waals surface area contributed by atoms with E-state index in [0.717, 1.165) is 36.0 Å². The van der Waals surface area contributed by atoms with Gasteiger partial charge >= 0.3 is 5.97 Å². The van der Waals surface area contributed by atoms with Gasteiger partial charge in [0.15, 0.2) is 0 Å². The van der Waals surface area contributed by atoms with Gasteiger partial charge in [-0.3, -0.25) is 9.36 Å². The first-order valence-corrected chi connectivity index (χ1v) is 9.50. The van der Waals surface area contributed by atoms with Crippen LogP contribution in [-0.4, -0.2) is 20.6 Å². The molecule has 0 spiro atoms. The fraction of sp³-hybridized carbons (Fsp3) is 0.350. The van der Waals surface area contributed by atoms with Gasteiger partial charge in [-0.1, -0.05) is 23.8 Å². The molecule has 1 N–H and O–H groups in total. The number of nitrogens with zero attached hydrogens (tertiary/aromatic N) is 2. The van der Waals surface area contributed by atoms with Crippen LogP contribution in [0.5, 0.6) is 0 Å². The van der Waals surface area contributed by atoms with Crippen molar-refractivity contribution in [2.75, 3.05) is 0 Å². The Morgan fingerprint density at radius 2 is 2.08 bits per heavy atom. The number of aliphatic carboxylic acids is 1. The lowest BCUT2D eigenvalue weighted by Gasteiger charge is -2.25. The van der Waals surface area contributed by atoms with E-state index in [9.17, 15) is 14.7 Å². The Kier molecular flexibility index (Phi) is 3.77. The molecule has 5 nitrogen and oxygen atoms in total. The SMILES string of the molecule is Cc1cccc(-c2nc3sc4c(c3c(=O)n2C(C)(C)C(=O)O)CCC4)c1. The van der Waals surface area contributed by atoms with Crippen molar-refractivity contribution in [3.8, 4) is 11.4 Å². The first-order valence-electron chi connectivity index (χ1n) is 8.69. The van der Waals surface area contributed by atoms with E-state index in [4.69, 9.17) is 4.98 Å². The van der Waals surface area contributed by atoms with Crippen LogP contribution in [0.1, 0.15) is 36.3 Å². The lowest BCUT2D eigenvalue weighted by Crippen LogP contribution is -2.44. The van der Waals surface area contributed by atoms with Crippen molar-refractivity contribution < 1.29 is 9.90 Å². The van der Waals surface area contributed by atoms with Gasteiger partial charge in [0, 0.05) is 10.4 Å². The van der Waals surface area contributed by atoms with Crippen LogP contribution < -0.4 is 5.56 Å². The Morgan fingerprint density at radius 1 is 1.31 bits per heavy atom. The summed E-state index contributed by atoms with van der Waals surface area (Å²) in [5.41, 5.74) is 1.20. The van der Waals surface area contributed by atoms with E-state index in [-0.39, 0.29) is 5.56 Å². The van der Waals surface area contributed by atoms with Crippen molar-refractivity contribution in [1.82, 2.24) is 9.55 Å². The Bertz CT molecular complexity index is 1110. The standard InChI is InChI=1S/C20H20N2O3S/c1-11-6-4-7-12(10-11)16-21-17-15(13-8-5-9-14(13)26-17)18(23)22(16)20(2,3)19(24)25/h4,6-7,10H,5,8-9H2,1-3H3,(H,24,25). The normalized spacial score (nSPS) is 14.0. The Balaban J connectivity index is 2.13. The summed E-state index contributed by atoms with van der Waals surface area (Å²) in [4.78, 5) is 32.1. The minimum atomic E-state index is -1.40. The maximum Gasteiger partial charge on any atom is 0.329 e. The van der Waals surface area contributed by atoms with Crippen LogP contribution in [0, 0.1) is 6.92 Å². The van der Waals surface area contributed by atoms with Crippen LogP contribution >= 0.6 is 11.3 Å². The van der Waals surface area contributed by atoms with Gasteiger partial charge in [-0.2, -0.15) is 0 Å². The third-order valence-electron chi connectivity index (χ3n) is 5.10. The zero-order valence-corrected chi connectivity index (χ0v) is 15.8. The second kappa shape index (κ2) is 5.77. The molecule has 0 fully saturated rings. The van der Waals surface area contributed by atoms with Gasteiger partial charge in [-0.05, 0) is 51.7 Å². The quantitative estimate of drug-likeness (QED) is 0.764. The van der Waals surface area contributed by atoms with E-state index in [2.05, 4.69) is 0 Å². The molecule has 0 saturated carbocycles. The summed E-state index contributed by atoms with van der Waals surface area (Å²) in [7, 11) is 0. The lowest BCUT2D eigenvalue weighted by atomic mass is 10.0. The molecule has 4 rings (SSSR count). The highest BCUT2D eigenvalue weighted by molar-refractivity contribution is 7.18. The number of benzene rings is 1. The zero-order valence-electron chi connectivity index (χ0n) is 15.0. The number of carbonyl (C=O) groups is 1. The van der Waals surface area contributed by atoms with Crippen molar-refractivity contribution >= 4 is 27.5 Å². The molecule has 2 heterocycles. The second-order valence-corrected chi connectivity index (χ2v) is 8.43. The largest absolute Gasteiger partial charge is 0.480 e. The third kappa shape index (κ3) is 2.40. The van der Waals surface area contributed by atoms with Gasteiger partial charge in [0.05, 0.1) is 5.39 Å². The first-order chi connectivity index (χ1) is 12.3. The molecule has 0 radical (unpaired) electrons. The molecule has 2 aromatic heterocycles. The molecule has 1 aromatic carbocycles. The van der Waals surface area contributed by atoms with E-state index in [1.807, 2.05) is 31.2 Å². The molecule has 0 bridgehead atoms.